The van der Waals surface area contributed by atoms with E-state index in [1.165, 1.54) is 0 Å². The zero-order chi connectivity index (χ0) is 18.6. The van der Waals surface area contributed by atoms with Gasteiger partial charge in [-0.15, -0.1) is 0 Å². The average molecular weight is 390 g/mol. The van der Waals surface area contributed by atoms with Gasteiger partial charge in [-0.3, -0.25) is 4.90 Å². The van der Waals surface area contributed by atoms with Gasteiger partial charge in [-0.2, -0.15) is 9.97 Å². The van der Waals surface area contributed by atoms with E-state index >= 15 is 0 Å². The molecular formula is C18H20ClN5O3. The lowest BCUT2D eigenvalue weighted by atomic mass is 10.3. The lowest BCUT2D eigenvalue weighted by Crippen LogP contribution is -2.36. The van der Waals surface area contributed by atoms with Crippen LogP contribution in [0.2, 0.25) is 5.15 Å². The van der Waals surface area contributed by atoms with Gasteiger partial charge in [0, 0.05) is 24.8 Å². The molecule has 0 spiro atoms. The van der Waals surface area contributed by atoms with Crippen LogP contribution >= 0.6 is 11.6 Å². The van der Waals surface area contributed by atoms with Gasteiger partial charge in [0.1, 0.15) is 5.15 Å². The lowest BCUT2D eigenvalue weighted by molar-refractivity contribution is 0.0330. The molecule has 8 nitrogen and oxygen atoms in total. The van der Waals surface area contributed by atoms with Gasteiger partial charge in [-0.25, -0.2) is 9.97 Å². The summed E-state index contributed by atoms with van der Waals surface area (Å²) in [5, 5.41) is 0.372. The van der Waals surface area contributed by atoms with Crippen molar-refractivity contribution >= 4 is 22.8 Å². The molecule has 0 N–H and O–H groups in total. The van der Waals surface area contributed by atoms with Gasteiger partial charge in [-0.05, 0) is 18.6 Å². The highest BCUT2D eigenvalue weighted by molar-refractivity contribution is 6.29. The molecule has 4 rings (SSSR count). The Morgan fingerprint density at radius 1 is 1.22 bits per heavy atom. The number of fused-ring (bicyclic) bond motifs is 1. The molecule has 0 atom stereocenters. The van der Waals surface area contributed by atoms with Crippen molar-refractivity contribution in [1.29, 1.82) is 0 Å². The fraction of sp³-hybridized carbons (Fsp3) is 0.444. The zero-order valence-electron chi connectivity index (χ0n) is 15.0. The van der Waals surface area contributed by atoms with Gasteiger partial charge in [0.25, 0.3) is 5.71 Å². The van der Waals surface area contributed by atoms with Crippen LogP contribution in [0.3, 0.4) is 0 Å². The van der Waals surface area contributed by atoms with E-state index in [4.69, 9.17) is 25.5 Å². The Labute approximate surface area is 161 Å². The zero-order valence-corrected chi connectivity index (χ0v) is 15.8. The van der Waals surface area contributed by atoms with Crippen molar-refractivity contribution in [3.8, 4) is 17.3 Å². The SMILES string of the molecule is CCCOc1nc(CN2CCOCC2)nc2oc(-c3ccnc(Cl)c3)nc12. The molecule has 1 aliphatic rings. The minimum atomic E-state index is 0.372. The van der Waals surface area contributed by atoms with Gasteiger partial charge in [-0.1, -0.05) is 18.5 Å². The molecule has 1 fully saturated rings. The fourth-order valence-corrected chi connectivity index (χ4v) is 3.00. The molecule has 0 amide bonds. The van der Waals surface area contributed by atoms with Crippen LogP contribution < -0.4 is 4.74 Å². The van der Waals surface area contributed by atoms with Crippen LogP contribution in [0.1, 0.15) is 19.2 Å². The molecule has 0 radical (unpaired) electrons. The van der Waals surface area contributed by atoms with Crippen LogP contribution in [-0.4, -0.2) is 57.7 Å². The number of hydrogen-bond donors (Lipinski definition) is 0. The van der Waals surface area contributed by atoms with Gasteiger partial charge in [0.2, 0.25) is 11.8 Å². The van der Waals surface area contributed by atoms with Crippen molar-refractivity contribution in [3.63, 3.8) is 0 Å². The first-order valence-corrected chi connectivity index (χ1v) is 9.33. The normalized spacial score (nSPS) is 15.3. The summed E-state index contributed by atoms with van der Waals surface area (Å²) in [5.74, 6) is 1.50. The van der Waals surface area contributed by atoms with Gasteiger partial charge < -0.3 is 13.9 Å². The standard InChI is InChI=1S/C18H20ClN5O3/c1-2-7-26-17-15-18(22-14(21-17)11-24-5-8-25-9-6-24)27-16(23-15)12-3-4-20-13(19)10-12/h3-4,10H,2,5-9,11H2,1H3. The summed E-state index contributed by atoms with van der Waals surface area (Å²) in [5.41, 5.74) is 1.64. The van der Waals surface area contributed by atoms with E-state index in [1.807, 2.05) is 6.92 Å². The molecule has 0 bridgehead atoms. The van der Waals surface area contributed by atoms with Crippen LogP contribution in [0.4, 0.5) is 0 Å². The molecule has 0 saturated carbocycles. The summed E-state index contributed by atoms with van der Waals surface area (Å²) in [4.78, 5) is 19.9. The van der Waals surface area contributed by atoms with Crippen LogP contribution in [0.25, 0.3) is 22.7 Å². The monoisotopic (exact) mass is 389 g/mol. The number of rotatable bonds is 6. The van der Waals surface area contributed by atoms with Gasteiger partial charge in [0.05, 0.1) is 26.4 Å². The Bertz CT molecular complexity index is 927. The summed E-state index contributed by atoms with van der Waals surface area (Å²) < 4.78 is 17.1. The first-order chi connectivity index (χ1) is 13.2. The van der Waals surface area contributed by atoms with E-state index < -0.39 is 0 Å². The number of morpholine rings is 1. The van der Waals surface area contributed by atoms with E-state index in [0.717, 1.165) is 38.3 Å². The first-order valence-electron chi connectivity index (χ1n) is 8.95. The molecule has 3 aromatic rings. The van der Waals surface area contributed by atoms with Crippen molar-refractivity contribution < 1.29 is 13.9 Å². The second kappa shape index (κ2) is 8.16. The maximum Gasteiger partial charge on any atom is 0.254 e. The highest BCUT2D eigenvalue weighted by Gasteiger charge is 2.19. The van der Waals surface area contributed by atoms with Crippen molar-refractivity contribution in [2.45, 2.75) is 19.9 Å². The molecule has 0 aliphatic carbocycles. The Morgan fingerprint density at radius 2 is 2.07 bits per heavy atom. The maximum absolute atomic E-state index is 5.98. The molecule has 1 aliphatic heterocycles. The predicted octanol–water partition coefficient (Wildman–Crippen LogP) is 2.95. The summed E-state index contributed by atoms with van der Waals surface area (Å²) in [6.45, 7) is 6.34. The molecule has 3 aromatic heterocycles. The van der Waals surface area contributed by atoms with Gasteiger partial charge >= 0.3 is 0 Å². The smallest absolute Gasteiger partial charge is 0.254 e. The molecule has 0 aromatic carbocycles. The summed E-state index contributed by atoms with van der Waals surface area (Å²) >= 11 is 5.98. The number of oxazole rings is 1. The minimum absolute atomic E-state index is 0.372. The lowest BCUT2D eigenvalue weighted by Gasteiger charge is -2.25. The van der Waals surface area contributed by atoms with Crippen molar-refractivity contribution in [1.82, 2.24) is 24.8 Å². The minimum Gasteiger partial charge on any atom is -0.476 e. The fourth-order valence-electron chi connectivity index (χ4n) is 2.83. The van der Waals surface area contributed by atoms with E-state index in [-0.39, 0.29) is 0 Å². The Kier molecular flexibility index (Phi) is 5.47. The molecule has 1 saturated heterocycles. The molecule has 142 valence electrons. The summed E-state index contributed by atoms with van der Waals surface area (Å²) in [6, 6.07) is 3.48. The predicted molar refractivity (Wildman–Crippen MR) is 99.7 cm³/mol. The quantitative estimate of drug-likeness (QED) is 0.595. The summed E-state index contributed by atoms with van der Waals surface area (Å²) in [6.07, 6.45) is 2.48. The number of pyridine rings is 1. The molecule has 4 heterocycles. The van der Waals surface area contributed by atoms with Crippen LogP contribution in [0.15, 0.2) is 22.7 Å². The number of hydrogen-bond acceptors (Lipinski definition) is 8. The number of ether oxygens (including phenoxy) is 2. The highest BCUT2D eigenvalue weighted by atomic mass is 35.5. The van der Waals surface area contributed by atoms with E-state index in [0.29, 0.717) is 47.1 Å². The van der Waals surface area contributed by atoms with Gasteiger partial charge in [0.15, 0.2) is 11.3 Å². The van der Waals surface area contributed by atoms with Crippen molar-refractivity contribution in [2.24, 2.45) is 0 Å². The molecule has 0 unspecified atom stereocenters. The maximum atomic E-state index is 5.98. The second-order valence-corrected chi connectivity index (χ2v) is 6.61. The number of halogens is 1. The van der Waals surface area contributed by atoms with Crippen LogP contribution in [-0.2, 0) is 11.3 Å². The average Bonchev–Trinajstić information content (AvgIpc) is 3.11. The Morgan fingerprint density at radius 3 is 2.85 bits per heavy atom. The van der Waals surface area contributed by atoms with E-state index in [2.05, 4.69) is 24.8 Å². The third-order valence-corrected chi connectivity index (χ3v) is 4.36. The third-order valence-electron chi connectivity index (χ3n) is 4.16. The third kappa shape index (κ3) is 4.18. The largest absolute Gasteiger partial charge is 0.476 e. The second-order valence-electron chi connectivity index (χ2n) is 6.22. The Balaban J connectivity index is 1.70. The number of nitrogens with zero attached hydrogens (tertiary/aromatic N) is 5. The topological polar surface area (TPSA) is 86.4 Å². The Hall–Kier alpha value is -2.29. The molecular weight excluding hydrogens is 370 g/mol. The molecule has 9 heteroatoms. The highest BCUT2D eigenvalue weighted by Crippen LogP contribution is 2.29. The van der Waals surface area contributed by atoms with Crippen LogP contribution in [0, 0.1) is 0 Å². The van der Waals surface area contributed by atoms with Crippen molar-refractivity contribution in [2.75, 3.05) is 32.9 Å². The van der Waals surface area contributed by atoms with Crippen molar-refractivity contribution in [3.05, 3.63) is 29.3 Å². The molecule has 27 heavy (non-hydrogen) atoms. The van der Waals surface area contributed by atoms with E-state index in [9.17, 15) is 0 Å². The summed E-state index contributed by atoms with van der Waals surface area (Å²) in [7, 11) is 0. The first kappa shape index (κ1) is 18.1. The van der Waals surface area contributed by atoms with E-state index in [1.54, 1.807) is 18.3 Å². The van der Waals surface area contributed by atoms with Crippen LogP contribution in [0.5, 0.6) is 5.88 Å². The number of aromatic nitrogens is 4.